The maximum atomic E-state index is 7.35. The third-order valence-corrected chi connectivity index (χ3v) is 14.2. The molecule has 1 radical (unpaired) electrons. The molecule has 0 atom stereocenters. The minimum atomic E-state index is -2.11. The van der Waals surface area contributed by atoms with E-state index >= 15 is 0 Å². The molecule has 0 aliphatic rings. The van der Waals surface area contributed by atoms with Crippen LogP contribution in [0.1, 0.15) is 139 Å². The molecule has 74 heavy (non-hydrogen) atoms. The van der Waals surface area contributed by atoms with E-state index in [2.05, 4.69) is 226 Å². The number of nitrogens with zero attached hydrogens (tertiary/aromatic N) is 4. The van der Waals surface area contributed by atoms with Crippen molar-refractivity contribution >= 4 is 54.5 Å². The molecule has 0 saturated heterocycles. The van der Waals surface area contributed by atoms with E-state index in [9.17, 15) is 0 Å². The van der Waals surface area contributed by atoms with Crippen LogP contribution in [0.4, 0.5) is 0 Å². The summed E-state index contributed by atoms with van der Waals surface area (Å²) in [5.74, 6) is 1.90. The summed E-state index contributed by atoms with van der Waals surface area (Å²) in [5, 5.41) is 7.02. The number of rotatable bonds is 6. The zero-order chi connectivity index (χ0) is 54.2. The molecule has 0 N–H and O–H groups in total. The van der Waals surface area contributed by atoms with E-state index in [-0.39, 0.29) is 53.7 Å². The van der Waals surface area contributed by atoms with E-state index in [1.54, 1.807) is 18.3 Å². The van der Waals surface area contributed by atoms with Crippen LogP contribution in [0.2, 0.25) is 0 Å². The van der Waals surface area contributed by atoms with Crippen LogP contribution in [0, 0.1) is 19.0 Å². The third kappa shape index (κ3) is 9.99. The Bertz CT molecular complexity index is 3930. The van der Waals surface area contributed by atoms with Gasteiger partial charge in [-0.25, -0.2) is 0 Å². The molecule has 0 fully saturated rings. The van der Waals surface area contributed by atoms with Gasteiger partial charge in [-0.1, -0.05) is 175 Å². The largest absolute Gasteiger partial charge is 0.501 e. The molecule has 8 aromatic carbocycles. The van der Waals surface area contributed by atoms with Gasteiger partial charge in [-0.05, 0) is 120 Å². The summed E-state index contributed by atoms with van der Waals surface area (Å²) < 4.78 is 31.3. The van der Waals surface area contributed by atoms with Crippen molar-refractivity contribution in [1.82, 2.24) is 19.5 Å². The fraction of sp³-hybridized carbons (Fsp3) is 0.279. The minimum absolute atomic E-state index is 0. The summed E-state index contributed by atoms with van der Waals surface area (Å²) in [5.41, 5.74) is 15.5. The first-order valence-electron chi connectivity index (χ1n) is 27.2. The molecule has 5 nitrogen and oxygen atoms in total. The summed E-state index contributed by atoms with van der Waals surface area (Å²) in [4.78, 5) is 14.2. The number of furan rings is 1. The Hall–Kier alpha value is -6.72. The van der Waals surface area contributed by atoms with Crippen molar-refractivity contribution in [1.29, 1.82) is 0 Å². The molecule has 6 heteroatoms. The Balaban J connectivity index is 0.000000290. The van der Waals surface area contributed by atoms with Crippen LogP contribution < -0.4 is 0 Å². The van der Waals surface area contributed by atoms with Crippen molar-refractivity contribution in [3.05, 3.63) is 191 Å². The number of hydrogen-bond acceptors (Lipinski definition) is 4. The normalized spacial score (nSPS) is 13.1. The molecule has 377 valence electrons. The number of imidazole rings is 1. The Morgan fingerprint density at radius 3 is 1.91 bits per heavy atom. The molecule has 0 unspecified atom stereocenters. The first kappa shape index (κ1) is 48.2. The summed E-state index contributed by atoms with van der Waals surface area (Å²) in [6.45, 7) is 27.3. The van der Waals surface area contributed by atoms with E-state index in [1.165, 1.54) is 66.7 Å². The number of aromatic nitrogens is 4. The fourth-order valence-electron chi connectivity index (χ4n) is 9.94. The van der Waals surface area contributed by atoms with Crippen LogP contribution in [0.5, 0.6) is 0 Å². The molecule has 11 aromatic rings. The van der Waals surface area contributed by atoms with Crippen molar-refractivity contribution in [3.63, 3.8) is 0 Å². The van der Waals surface area contributed by atoms with Crippen molar-refractivity contribution in [2.24, 2.45) is 0 Å². The first-order chi connectivity index (χ1) is 35.8. The minimum Gasteiger partial charge on any atom is -0.501 e. The molecule has 0 spiro atoms. The van der Waals surface area contributed by atoms with Crippen LogP contribution in [0.3, 0.4) is 0 Å². The number of benzene rings is 8. The van der Waals surface area contributed by atoms with Crippen LogP contribution in [0.15, 0.2) is 150 Å². The standard InChI is InChI=1S/C53H51N2O.C15H17N2.Ir/c1-31(2)42-27-36(35-24-37(52(5,6)7)29-38(25-35)53(8,9)10)28-43(32(3)4)49(42)55-47-21-14-13-20-46(47)54-51(55)41-19-15-18-40-45-26-34-23-22-33-16-11-12-17-39(33)44(34)30-48(45)56-50(40)41;1-11-5-7-12(8-6-11)14-16-10-9-13(17-14)15(2,3)4;/h11-18,20-32H,1-10H3;5-7,9-10H,1-4H3;/q2*-1;/i;1D3;. The van der Waals surface area contributed by atoms with Gasteiger partial charge in [0, 0.05) is 52.6 Å². The average Bonchev–Trinajstić information content (AvgIpc) is 4.07. The zero-order valence-corrected chi connectivity index (χ0v) is 47.4. The Morgan fingerprint density at radius 2 is 1.26 bits per heavy atom. The first-order valence-corrected chi connectivity index (χ1v) is 25.7. The van der Waals surface area contributed by atoms with Gasteiger partial charge in [-0.2, -0.15) is 0 Å². The van der Waals surface area contributed by atoms with Gasteiger partial charge in [0.1, 0.15) is 5.58 Å². The zero-order valence-electron chi connectivity index (χ0n) is 48.0. The summed E-state index contributed by atoms with van der Waals surface area (Å²) >= 11 is 0. The van der Waals surface area contributed by atoms with E-state index in [1.807, 2.05) is 12.1 Å². The van der Waals surface area contributed by atoms with Crippen LogP contribution in [-0.4, -0.2) is 19.5 Å². The molecule has 3 aromatic heterocycles. The number of aryl methyl sites for hydroxylation is 1. The van der Waals surface area contributed by atoms with E-state index in [0.717, 1.165) is 50.1 Å². The van der Waals surface area contributed by atoms with Gasteiger partial charge in [0.15, 0.2) is 0 Å². The smallest absolute Gasteiger partial charge is 0.121 e. The second kappa shape index (κ2) is 19.9. The molecule has 0 bridgehead atoms. The average molecular weight is 1150 g/mol. The molecule has 0 aliphatic carbocycles. The molecular formula is C68H68IrN4O-2. The predicted octanol–water partition coefficient (Wildman–Crippen LogP) is 18.8. The molecular weight excluding hydrogens is 1080 g/mol. The predicted molar refractivity (Wildman–Crippen MR) is 308 cm³/mol. The SMILES string of the molecule is CC(C)c1cc(-c2cc(C(C)(C)C)cc(C(C)(C)C)c2)cc(C(C)C)c1-n1c(-c2[c-]ccc3c2oc2cc4c(ccc5ccccc54)cc23)nc2ccccc21.[2H]C([2H])([2H])c1c[c-]c(-c2nccc(C(C)(C)C)n2)cc1.[Ir]. The number of para-hydroxylation sites is 2. The van der Waals surface area contributed by atoms with Gasteiger partial charge in [0.05, 0.1) is 28.3 Å². The van der Waals surface area contributed by atoms with Crippen LogP contribution in [-0.2, 0) is 36.4 Å². The van der Waals surface area contributed by atoms with Gasteiger partial charge in [-0.15, -0.1) is 53.6 Å². The Kier molecular flexibility index (Phi) is 12.9. The van der Waals surface area contributed by atoms with Crippen molar-refractivity contribution in [3.8, 4) is 39.6 Å². The maximum absolute atomic E-state index is 7.35. The van der Waals surface area contributed by atoms with E-state index in [0.29, 0.717) is 11.4 Å². The molecule has 0 aliphatic heterocycles. The van der Waals surface area contributed by atoms with Crippen LogP contribution in [0.25, 0.3) is 94.1 Å². The fourth-order valence-corrected chi connectivity index (χ4v) is 9.94. The monoisotopic (exact) mass is 1150 g/mol. The van der Waals surface area contributed by atoms with Crippen molar-refractivity contribution < 1.29 is 28.6 Å². The summed E-state index contributed by atoms with van der Waals surface area (Å²) in [6.07, 6.45) is 1.72. The number of hydrogen-bond donors (Lipinski definition) is 0. The Morgan fingerprint density at radius 1 is 0.595 bits per heavy atom. The van der Waals surface area contributed by atoms with Gasteiger partial charge >= 0.3 is 0 Å². The van der Waals surface area contributed by atoms with Crippen LogP contribution >= 0.6 is 0 Å². The summed E-state index contributed by atoms with van der Waals surface area (Å²) in [6, 6.07) is 55.5. The van der Waals surface area contributed by atoms with Gasteiger partial charge in [-0.3, -0.25) is 15.0 Å². The molecule has 11 rings (SSSR count). The van der Waals surface area contributed by atoms with E-state index in [4.69, 9.17) is 13.5 Å². The Labute approximate surface area is 456 Å². The second-order valence-corrected chi connectivity index (χ2v) is 23.4. The molecule has 0 saturated carbocycles. The van der Waals surface area contributed by atoms with Crippen molar-refractivity contribution in [2.75, 3.05) is 0 Å². The topological polar surface area (TPSA) is 56.7 Å². The van der Waals surface area contributed by atoms with Gasteiger partial charge in [0.2, 0.25) is 0 Å². The van der Waals surface area contributed by atoms with E-state index < -0.39 is 6.85 Å². The van der Waals surface area contributed by atoms with Gasteiger partial charge in [0.25, 0.3) is 0 Å². The molecule has 0 amide bonds. The third-order valence-electron chi connectivity index (χ3n) is 14.2. The summed E-state index contributed by atoms with van der Waals surface area (Å²) in [7, 11) is 0. The van der Waals surface area contributed by atoms with Gasteiger partial charge < -0.3 is 8.98 Å². The van der Waals surface area contributed by atoms with Crippen molar-refractivity contribution in [2.45, 2.75) is 125 Å². The quantitative estimate of drug-likeness (QED) is 0.123. The maximum Gasteiger partial charge on any atom is 0.121 e. The number of fused-ring (bicyclic) bond motifs is 7. The second-order valence-electron chi connectivity index (χ2n) is 23.4. The molecule has 3 heterocycles.